The highest BCUT2D eigenvalue weighted by Crippen LogP contribution is 2.29. The molecule has 0 aromatic heterocycles. The lowest BCUT2D eigenvalue weighted by molar-refractivity contribution is 0.0977. The molecule has 0 amide bonds. The van der Waals surface area contributed by atoms with Crippen molar-refractivity contribution in [2.75, 3.05) is 44.6 Å². The molecule has 0 saturated carbocycles. The summed E-state index contributed by atoms with van der Waals surface area (Å²) in [5.74, 6) is 0.392. The third-order valence-corrected chi connectivity index (χ3v) is 6.89. The van der Waals surface area contributed by atoms with Crippen molar-refractivity contribution in [3.8, 4) is 11.1 Å². The van der Waals surface area contributed by atoms with Gasteiger partial charge in [-0.05, 0) is 93.9 Å². The number of rotatable bonds is 8. The van der Waals surface area contributed by atoms with Crippen LogP contribution in [-0.4, -0.2) is 54.7 Å². The summed E-state index contributed by atoms with van der Waals surface area (Å²) in [4.78, 5) is 4.40. The molecular weight excluding hydrogens is 416 g/mol. The Balaban J connectivity index is 1.30. The lowest BCUT2D eigenvalue weighted by Crippen LogP contribution is -2.42. The van der Waals surface area contributed by atoms with Crippen molar-refractivity contribution in [2.45, 2.75) is 45.2 Å². The number of nitrogens with one attached hydrogen (secondary N) is 1. The number of benzene rings is 2. The van der Waals surface area contributed by atoms with Gasteiger partial charge in [0.2, 0.25) is 0 Å². The van der Waals surface area contributed by atoms with E-state index in [1.807, 2.05) is 24.3 Å². The molecule has 0 bridgehead atoms. The van der Waals surface area contributed by atoms with Gasteiger partial charge in [0.1, 0.15) is 11.5 Å². The lowest BCUT2D eigenvalue weighted by Gasteiger charge is -2.34. The third kappa shape index (κ3) is 6.35. The molecule has 2 heterocycles. The summed E-state index contributed by atoms with van der Waals surface area (Å²) in [5, 5.41) is 3.54. The van der Waals surface area contributed by atoms with Crippen molar-refractivity contribution in [1.29, 1.82) is 0 Å². The van der Waals surface area contributed by atoms with Crippen molar-refractivity contribution in [3.05, 3.63) is 60.4 Å². The molecule has 2 aliphatic heterocycles. The number of alkyl halides is 1. The fourth-order valence-corrected chi connectivity index (χ4v) is 5.01. The normalized spacial score (nSPS) is 18.0. The molecule has 3 nitrogen and oxygen atoms in total. The van der Waals surface area contributed by atoms with E-state index in [4.69, 9.17) is 0 Å². The molecule has 178 valence electrons. The smallest absolute Gasteiger partial charge is 0.133 e. The molecule has 0 radical (unpaired) electrons. The molecule has 33 heavy (non-hydrogen) atoms. The second-order valence-electron chi connectivity index (χ2n) is 10.2. The van der Waals surface area contributed by atoms with Crippen LogP contribution in [0, 0.1) is 11.7 Å². The van der Waals surface area contributed by atoms with E-state index in [1.54, 1.807) is 19.9 Å². The second kappa shape index (κ2) is 10.3. The van der Waals surface area contributed by atoms with Crippen molar-refractivity contribution in [3.63, 3.8) is 0 Å². The van der Waals surface area contributed by atoms with Crippen LogP contribution in [0.2, 0.25) is 0 Å². The number of hydrogen-bond acceptors (Lipinski definition) is 3. The summed E-state index contributed by atoms with van der Waals surface area (Å²) < 4.78 is 28.7. The zero-order valence-corrected chi connectivity index (χ0v) is 20.0. The monoisotopic (exact) mass is 453 g/mol. The molecule has 0 spiro atoms. The molecule has 0 unspecified atom stereocenters. The number of hydrogen-bond donors (Lipinski definition) is 1. The quantitative estimate of drug-likeness (QED) is 0.497. The van der Waals surface area contributed by atoms with Crippen LogP contribution in [0.1, 0.15) is 45.1 Å². The molecule has 2 aliphatic rings. The van der Waals surface area contributed by atoms with Gasteiger partial charge in [-0.1, -0.05) is 24.8 Å². The first kappa shape index (κ1) is 23.7. The number of piperidine rings is 1. The van der Waals surface area contributed by atoms with E-state index in [1.165, 1.54) is 0 Å². The van der Waals surface area contributed by atoms with Crippen LogP contribution in [0.3, 0.4) is 0 Å². The number of nitrogens with zero attached hydrogens (tertiary/aromatic N) is 2. The van der Waals surface area contributed by atoms with Crippen LogP contribution in [0.5, 0.6) is 0 Å². The second-order valence-corrected chi connectivity index (χ2v) is 10.2. The van der Waals surface area contributed by atoms with E-state index in [2.05, 4.69) is 33.8 Å². The summed E-state index contributed by atoms with van der Waals surface area (Å²) in [6, 6.07) is 13.7. The molecular formula is C28H37F2N3. The van der Waals surface area contributed by atoms with Crippen LogP contribution in [0.15, 0.2) is 49.0 Å². The Morgan fingerprint density at radius 1 is 1.00 bits per heavy atom. The Kier molecular flexibility index (Phi) is 7.38. The van der Waals surface area contributed by atoms with Crippen molar-refractivity contribution in [2.24, 2.45) is 5.92 Å². The first-order valence-corrected chi connectivity index (χ1v) is 12.3. The van der Waals surface area contributed by atoms with E-state index < -0.39 is 5.67 Å². The fourth-order valence-electron chi connectivity index (χ4n) is 5.01. The first-order chi connectivity index (χ1) is 15.8. The molecule has 2 fully saturated rings. The minimum Gasteiger partial charge on any atom is -0.385 e. The molecule has 4 rings (SSSR count). The Bertz CT molecular complexity index is 935. The van der Waals surface area contributed by atoms with Crippen LogP contribution >= 0.6 is 0 Å². The highest BCUT2D eigenvalue weighted by Gasteiger charge is 2.25. The van der Waals surface area contributed by atoms with Gasteiger partial charge in [-0.2, -0.15) is 0 Å². The summed E-state index contributed by atoms with van der Waals surface area (Å²) in [6.45, 7) is 12.7. The Labute approximate surface area is 197 Å². The highest BCUT2D eigenvalue weighted by molar-refractivity contribution is 5.70. The molecule has 1 N–H and O–H groups in total. The third-order valence-electron chi connectivity index (χ3n) is 6.89. The van der Waals surface area contributed by atoms with Crippen LogP contribution in [0.4, 0.5) is 14.5 Å². The first-order valence-electron chi connectivity index (χ1n) is 12.3. The predicted octanol–water partition coefficient (Wildman–Crippen LogP) is 6.43. The van der Waals surface area contributed by atoms with Crippen LogP contribution in [0.25, 0.3) is 16.8 Å². The summed E-state index contributed by atoms with van der Waals surface area (Å²) >= 11 is 0. The van der Waals surface area contributed by atoms with Gasteiger partial charge in [0.05, 0.1) is 0 Å². The highest BCUT2D eigenvalue weighted by atomic mass is 19.1. The maximum Gasteiger partial charge on any atom is 0.133 e. The van der Waals surface area contributed by atoms with Gasteiger partial charge in [-0.15, -0.1) is 0 Å². The Morgan fingerprint density at radius 3 is 2.24 bits per heavy atom. The predicted molar refractivity (Wildman–Crippen MR) is 135 cm³/mol. The molecule has 0 atom stereocenters. The number of likely N-dealkylation sites (tertiary alicyclic amines) is 2. The van der Waals surface area contributed by atoms with E-state index in [0.29, 0.717) is 18.0 Å². The lowest BCUT2D eigenvalue weighted by atomic mass is 9.95. The minimum atomic E-state index is -1.13. The molecule has 2 saturated heterocycles. The van der Waals surface area contributed by atoms with Crippen molar-refractivity contribution < 1.29 is 8.78 Å². The van der Waals surface area contributed by atoms with Gasteiger partial charge in [-0.3, -0.25) is 0 Å². The zero-order valence-electron chi connectivity index (χ0n) is 20.0. The summed E-state index contributed by atoms with van der Waals surface area (Å²) in [6.07, 6.45) is 4.48. The fraction of sp³-hybridized carbons (Fsp3) is 0.500. The van der Waals surface area contributed by atoms with Crippen molar-refractivity contribution >= 4 is 11.4 Å². The average molecular weight is 454 g/mol. The Hall–Kier alpha value is -2.40. The summed E-state index contributed by atoms with van der Waals surface area (Å²) in [5.41, 5.74) is 3.21. The maximum absolute atomic E-state index is 14.8. The molecule has 2 aromatic carbocycles. The molecule has 2 aromatic rings. The summed E-state index contributed by atoms with van der Waals surface area (Å²) in [7, 11) is 0. The maximum atomic E-state index is 14.8. The van der Waals surface area contributed by atoms with E-state index in [-0.39, 0.29) is 5.82 Å². The molecule has 5 heteroatoms. The van der Waals surface area contributed by atoms with Gasteiger partial charge < -0.3 is 15.1 Å². The van der Waals surface area contributed by atoms with Crippen molar-refractivity contribution in [1.82, 2.24) is 9.80 Å². The van der Waals surface area contributed by atoms with Gasteiger partial charge in [0.25, 0.3) is 0 Å². The minimum absolute atomic E-state index is 0.214. The average Bonchev–Trinajstić information content (AvgIpc) is 3.32. The van der Waals surface area contributed by atoms with E-state index >= 15 is 0 Å². The standard InChI is InChI=1S/C28H37F2N3/c1-21(33-14-4-5-15-33)26-11-8-24(18-27(26)29)23-6-9-25(10-7-23)31-19-22-12-16-32(17-13-22)20-28(2,3)30/h6-11,18,22,31H,1,4-5,12-17,19-20H2,2-3H3. The zero-order chi connectivity index (χ0) is 23.4. The van der Waals surface area contributed by atoms with Gasteiger partial charge in [0.15, 0.2) is 0 Å². The SMILES string of the molecule is C=C(c1ccc(-c2ccc(NCC3CCN(CC(C)(C)F)CC3)cc2)cc1F)N1CCCC1. The molecule has 0 aliphatic carbocycles. The number of anilines is 1. The van der Waals surface area contributed by atoms with E-state index in [0.717, 1.165) is 80.9 Å². The van der Waals surface area contributed by atoms with Crippen LogP contribution < -0.4 is 5.32 Å². The largest absolute Gasteiger partial charge is 0.385 e. The van der Waals surface area contributed by atoms with Gasteiger partial charge in [0, 0.05) is 43.1 Å². The van der Waals surface area contributed by atoms with Crippen LogP contribution in [-0.2, 0) is 0 Å². The Morgan fingerprint density at radius 2 is 1.64 bits per heavy atom. The topological polar surface area (TPSA) is 18.5 Å². The van der Waals surface area contributed by atoms with Gasteiger partial charge >= 0.3 is 0 Å². The number of halogens is 2. The van der Waals surface area contributed by atoms with E-state index in [9.17, 15) is 8.78 Å². The van der Waals surface area contributed by atoms with Gasteiger partial charge in [-0.25, -0.2) is 8.78 Å².